The number of anilines is 1. The van der Waals surface area contributed by atoms with E-state index in [0.717, 1.165) is 23.4 Å². The van der Waals surface area contributed by atoms with E-state index in [1.807, 2.05) is 31.2 Å². The van der Waals surface area contributed by atoms with Crippen LogP contribution in [0.15, 0.2) is 42.5 Å². The fourth-order valence-corrected chi connectivity index (χ4v) is 2.48. The average Bonchev–Trinajstić information content (AvgIpc) is 2.65. The van der Waals surface area contributed by atoms with Crippen LogP contribution in [-0.4, -0.2) is 43.5 Å². The molecule has 150 valence electrons. The van der Waals surface area contributed by atoms with E-state index < -0.39 is 17.5 Å². The Morgan fingerprint density at radius 1 is 1.04 bits per heavy atom. The maximum Gasteiger partial charge on any atom is 0.243 e. The average molecular weight is 391 g/mol. The molecule has 2 aromatic carbocycles. The fraction of sp³-hybridized carbons (Fsp3) is 0.300. The van der Waals surface area contributed by atoms with Gasteiger partial charge in [-0.25, -0.2) is 8.78 Å². The number of halogens is 2. The maximum atomic E-state index is 13.1. The SMILES string of the molecule is CCOc1ccc(CN(C)CC(=O)NCC(=O)Nc2ccc(F)c(F)c2)cc1. The van der Waals surface area contributed by atoms with E-state index in [0.29, 0.717) is 13.2 Å². The molecular weight excluding hydrogens is 368 g/mol. The molecule has 6 nitrogen and oxygen atoms in total. The summed E-state index contributed by atoms with van der Waals surface area (Å²) in [5.41, 5.74) is 1.14. The molecule has 0 bridgehead atoms. The highest BCUT2D eigenvalue weighted by atomic mass is 19.2. The van der Waals surface area contributed by atoms with Crippen LogP contribution < -0.4 is 15.4 Å². The third-order valence-corrected chi connectivity index (χ3v) is 3.75. The third kappa shape index (κ3) is 6.96. The van der Waals surface area contributed by atoms with Crippen LogP contribution in [0.5, 0.6) is 5.75 Å². The lowest BCUT2D eigenvalue weighted by Gasteiger charge is -2.16. The largest absolute Gasteiger partial charge is 0.494 e. The molecule has 2 rings (SSSR count). The third-order valence-electron chi connectivity index (χ3n) is 3.75. The number of likely N-dealkylation sites (N-methyl/N-ethyl adjacent to an activating group) is 1. The van der Waals surface area contributed by atoms with Crippen molar-refractivity contribution in [3.8, 4) is 5.75 Å². The number of ether oxygens (including phenoxy) is 1. The molecule has 0 saturated carbocycles. The molecule has 8 heteroatoms. The summed E-state index contributed by atoms with van der Waals surface area (Å²) in [5, 5.41) is 4.88. The van der Waals surface area contributed by atoms with Gasteiger partial charge in [0.2, 0.25) is 11.8 Å². The van der Waals surface area contributed by atoms with Gasteiger partial charge in [0.1, 0.15) is 5.75 Å². The summed E-state index contributed by atoms with van der Waals surface area (Å²) in [6, 6.07) is 10.6. The predicted molar refractivity (Wildman–Crippen MR) is 102 cm³/mol. The van der Waals surface area contributed by atoms with Crippen molar-refractivity contribution in [2.75, 3.05) is 32.1 Å². The Hall–Kier alpha value is -3.00. The smallest absolute Gasteiger partial charge is 0.243 e. The summed E-state index contributed by atoms with van der Waals surface area (Å²) in [6.45, 7) is 2.91. The Morgan fingerprint density at radius 3 is 2.39 bits per heavy atom. The molecule has 0 heterocycles. The molecule has 0 aromatic heterocycles. The van der Waals surface area contributed by atoms with Crippen molar-refractivity contribution in [1.29, 1.82) is 0 Å². The fourth-order valence-electron chi connectivity index (χ4n) is 2.48. The number of hydrogen-bond donors (Lipinski definition) is 2. The highest BCUT2D eigenvalue weighted by Crippen LogP contribution is 2.14. The molecule has 0 fully saturated rings. The van der Waals surface area contributed by atoms with Gasteiger partial charge in [0.05, 0.1) is 19.7 Å². The van der Waals surface area contributed by atoms with Gasteiger partial charge in [0.25, 0.3) is 0 Å². The summed E-state index contributed by atoms with van der Waals surface area (Å²) >= 11 is 0. The number of rotatable bonds is 9. The van der Waals surface area contributed by atoms with Crippen LogP contribution in [0.25, 0.3) is 0 Å². The number of nitrogens with zero attached hydrogens (tertiary/aromatic N) is 1. The first kappa shape index (κ1) is 21.3. The quantitative estimate of drug-likeness (QED) is 0.689. The van der Waals surface area contributed by atoms with Gasteiger partial charge in [-0.2, -0.15) is 0 Å². The lowest BCUT2D eigenvalue weighted by Crippen LogP contribution is -2.39. The predicted octanol–water partition coefficient (Wildman–Crippen LogP) is 2.55. The summed E-state index contributed by atoms with van der Waals surface area (Å²) < 4.78 is 31.4. The minimum absolute atomic E-state index is 0.103. The summed E-state index contributed by atoms with van der Waals surface area (Å²) in [5.74, 6) is -2.12. The zero-order chi connectivity index (χ0) is 20.5. The van der Waals surface area contributed by atoms with Crippen LogP contribution in [0.1, 0.15) is 12.5 Å². The summed E-state index contributed by atoms with van der Waals surface area (Å²) in [7, 11) is 1.79. The van der Waals surface area contributed by atoms with Crippen molar-refractivity contribution < 1.29 is 23.1 Å². The minimum atomic E-state index is -1.06. The van der Waals surface area contributed by atoms with Crippen molar-refractivity contribution >= 4 is 17.5 Å². The van der Waals surface area contributed by atoms with E-state index in [9.17, 15) is 18.4 Å². The first-order valence-corrected chi connectivity index (χ1v) is 8.79. The van der Waals surface area contributed by atoms with Crippen LogP contribution in [0.4, 0.5) is 14.5 Å². The van der Waals surface area contributed by atoms with E-state index >= 15 is 0 Å². The Morgan fingerprint density at radius 2 is 1.75 bits per heavy atom. The molecule has 0 radical (unpaired) electrons. The van der Waals surface area contributed by atoms with E-state index in [1.165, 1.54) is 6.07 Å². The molecule has 0 saturated heterocycles. The molecule has 28 heavy (non-hydrogen) atoms. The van der Waals surface area contributed by atoms with Crippen LogP contribution in [-0.2, 0) is 16.1 Å². The van der Waals surface area contributed by atoms with E-state index in [4.69, 9.17) is 4.74 Å². The van der Waals surface area contributed by atoms with Gasteiger partial charge in [0, 0.05) is 18.3 Å². The second kappa shape index (κ2) is 10.4. The van der Waals surface area contributed by atoms with Crippen LogP contribution in [0.2, 0.25) is 0 Å². The van der Waals surface area contributed by atoms with Crippen molar-refractivity contribution in [1.82, 2.24) is 10.2 Å². The van der Waals surface area contributed by atoms with Gasteiger partial charge in [-0.05, 0) is 43.8 Å². The van der Waals surface area contributed by atoms with Crippen molar-refractivity contribution in [3.05, 3.63) is 59.7 Å². The van der Waals surface area contributed by atoms with Crippen molar-refractivity contribution in [2.24, 2.45) is 0 Å². The second-order valence-electron chi connectivity index (χ2n) is 6.20. The number of benzene rings is 2. The van der Waals surface area contributed by atoms with Crippen LogP contribution in [0, 0.1) is 11.6 Å². The van der Waals surface area contributed by atoms with Gasteiger partial charge in [-0.1, -0.05) is 12.1 Å². The molecule has 2 N–H and O–H groups in total. The number of carbonyl (C=O) groups is 2. The monoisotopic (exact) mass is 391 g/mol. The number of hydrogen-bond acceptors (Lipinski definition) is 4. The maximum absolute atomic E-state index is 13.1. The molecule has 2 amide bonds. The molecular formula is C20H23F2N3O3. The number of amides is 2. The molecule has 0 aliphatic carbocycles. The number of nitrogens with one attached hydrogen (secondary N) is 2. The highest BCUT2D eigenvalue weighted by Gasteiger charge is 2.10. The second-order valence-corrected chi connectivity index (χ2v) is 6.20. The number of carbonyl (C=O) groups excluding carboxylic acids is 2. The first-order valence-electron chi connectivity index (χ1n) is 8.79. The van der Waals surface area contributed by atoms with Gasteiger partial charge in [0.15, 0.2) is 11.6 Å². The molecule has 2 aromatic rings. The lowest BCUT2D eigenvalue weighted by atomic mass is 10.2. The molecule has 0 spiro atoms. The van der Waals surface area contributed by atoms with E-state index in [2.05, 4.69) is 10.6 Å². The molecule has 0 aliphatic heterocycles. The van der Waals surface area contributed by atoms with Gasteiger partial charge in [-0.15, -0.1) is 0 Å². The van der Waals surface area contributed by atoms with Gasteiger partial charge in [-0.3, -0.25) is 14.5 Å². The summed E-state index contributed by atoms with van der Waals surface area (Å²) in [6.07, 6.45) is 0. The Balaban J connectivity index is 1.73. The lowest BCUT2D eigenvalue weighted by molar-refractivity contribution is -0.124. The van der Waals surface area contributed by atoms with Crippen LogP contribution in [0.3, 0.4) is 0 Å². The molecule has 0 atom stereocenters. The van der Waals surface area contributed by atoms with Crippen molar-refractivity contribution in [2.45, 2.75) is 13.5 Å². The van der Waals surface area contributed by atoms with Gasteiger partial charge >= 0.3 is 0 Å². The van der Waals surface area contributed by atoms with Gasteiger partial charge < -0.3 is 15.4 Å². The zero-order valence-corrected chi connectivity index (χ0v) is 15.8. The highest BCUT2D eigenvalue weighted by molar-refractivity contribution is 5.94. The Labute approximate surface area is 162 Å². The Kier molecular flexibility index (Phi) is 7.88. The standard InChI is InChI=1S/C20H23F2N3O3/c1-3-28-16-7-4-14(5-8-16)12-25(2)13-20(27)23-11-19(26)24-15-6-9-17(21)18(22)10-15/h4-10H,3,11-13H2,1-2H3,(H,23,27)(H,24,26). The normalized spacial score (nSPS) is 10.6. The topological polar surface area (TPSA) is 70.7 Å². The Bertz CT molecular complexity index is 813. The van der Waals surface area contributed by atoms with Crippen molar-refractivity contribution in [3.63, 3.8) is 0 Å². The molecule has 0 aliphatic rings. The minimum Gasteiger partial charge on any atom is -0.494 e. The van der Waals surface area contributed by atoms with Crippen LogP contribution >= 0.6 is 0 Å². The first-order chi connectivity index (χ1) is 13.4. The van der Waals surface area contributed by atoms with E-state index in [1.54, 1.807) is 11.9 Å². The zero-order valence-electron chi connectivity index (χ0n) is 15.8. The summed E-state index contributed by atoms with van der Waals surface area (Å²) in [4.78, 5) is 25.6. The van der Waals surface area contributed by atoms with E-state index in [-0.39, 0.29) is 24.7 Å². The molecule has 0 unspecified atom stereocenters.